The lowest BCUT2D eigenvalue weighted by molar-refractivity contribution is -0.140. The number of carboxylic acid groups (broad SMARTS) is 1. The number of rotatable bonds is 2. The van der Waals surface area contributed by atoms with Crippen LogP contribution >= 0.6 is 15.9 Å². The Bertz CT molecular complexity index is 283. The van der Waals surface area contributed by atoms with Crippen LogP contribution in [0, 0.1) is 5.92 Å². The molecule has 1 aliphatic rings. The van der Waals surface area contributed by atoms with Crippen molar-refractivity contribution in [2.24, 2.45) is 11.7 Å². The van der Waals surface area contributed by atoms with Crippen LogP contribution in [0.2, 0.25) is 0 Å². The number of hydrogen-bond donors (Lipinski definition) is 2. The lowest BCUT2D eigenvalue weighted by atomic mass is 9.95. The second-order valence-corrected chi connectivity index (χ2v) is 4.12. The highest BCUT2D eigenvalue weighted by atomic mass is 79.9. The van der Waals surface area contributed by atoms with Gasteiger partial charge in [0.05, 0.1) is 7.11 Å². The van der Waals surface area contributed by atoms with Crippen molar-refractivity contribution in [3.63, 3.8) is 0 Å². The summed E-state index contributed by atoms with van der Waals surface area (Å²) in [5, 5.41) is 8.84. The topological polar surface area (TPSA) is 72.5 Å². The number of hydrogen-bond acceptors (Lipinski definition) is 3. The van der Waals surface area contributed by atoms with Crippen molar-refractivity contribution in [1.82, 2.24) is 0 Å². The normalized spacial score (nSPS) is 32.5. The number of ether oxygens (including phenoxy) is 1. The molecule has 0 fully saturated rings. The highest BCUT2D eigenvalue weighted by Gasteiger charge is 2.36. The summed E-state index contributed by atoms with van der Waals surface area (Å²) >= 11 is 3.13. The first-order valence-electron chi connectivity index (χ1n) is 3.63. The molecule has 5 heteroatoms. The average Bonchev–Trinajstić information content (AvgIpc) is 2.03. The summed E-state index contributed by atoms with van der Waals surface area (Å²) in [6.45, 7) is 0. The van der Waals surface area contributed by atoms with Gasteiger partial charge < -0.3 is 15.6 Å². The molecular formula is C8H10BrNO3. The molecule has 0 saturated carbocycles. The molecule has 0 aromatic rings. The van der Waals surface area contributed by atoms with Crippen LogP contribution in [-0.4, -0.2) is 22.6 Å². The summed E-state index contributed by atoms with van der Waals surface area (Å²) in [4.78, 5) is 10.8. The number of aliphatic carboxylic acids is 1. The lowest BCUT2D eigenvalue weighted by Crippen LogP contribution is -2.43. The monoisotopic (exact) mass is 247 g/mol. The highest BCUT2D eigenvalue weighted by Crippen LogP contribution is 2.30. The van der Waals surface area contributed by atoms with Crippen molar-refractivity contribution >= 4 is 21.9 Å². The molecule has 2 atom stereocenters. The maximum Gasteiger partial charge on any atom is 0.313 e. The van der Waals surface area contributed by atoms with E-state index in [1.54, 1.807) is 12.2 Å². The zero-order valence-corrected chi connectivity index (χ0v) is 8.61. The third-order valence-electron chi connectivity index (χ3n) is 1.81. The predicted molar refractivity (Wildman–Crippen MR) is 51.2 cm³/mol. The molecule has 72 valence electrons. The number of carbonyl (C=O) groups is 1. The number of halogens is 1. The van der Waals surface area contributed by atoms with Crippen molar-refractivity contribution in [2.75, 3.05) is 7.11 Å². The molecule has 0 spiro atoms. The van der Waals surface area contributed by atoms with Crippen LogP contribution in [0.3, 0.4) is 0 Å². The first kappa shape index (κ1) is 10.3. The fourth-order valence-corrected chi connectivity index (χ4v) is 1.52. The Hall–Kier alpha value is -0.810. The molecule has 0 saturated heterocycles. The summed E-state index contributed by atoms with van der Waals surface area (Å²) in [5.41, 5.74) is 5.69. The van der Waals surface area contributed by atoms with E-state index in [1.165, 1.54) is 13.2 Å². The van der Waals surface area contributed by atoms with Gasteiger partial charge in [-0.05, 0) is 18.2 Å². The molecule has 1 aliphatic carbocycles. The molecule has 2 unspecified atom stereocenters. The average molecular weight is 248 g/mol. The van der Waals surface area contributed by atoms with Gasteiger partial charge >= 0.3 is 5.97 Å². The minimum Gasteiger partial charge on any atom is -0.497 e. The summed E-state index contributed by atoms with van der Waals surface area (Å²) in [6.07, 6.45) is 4.66. The zero-order valence-electron chi connectivity index (χ0n) is 7.03. The van der Waals surface area contributed by atoms with Gasteiger partial charge in [-0.25, -0.2) is 0 Å². The molecule has 0 heterocycles. The number of alkyl halides is 1. The molecule has 0 bridgehead atoms. The van der Waals surface area contributed by atoms with Crippen LogP contribution in [0.4, 0.5) is 0 Å². The van der Waals surface area contributed by atoms with E-state index in [9.17, 15) is 4.79 Å². The molecule has 0 aliphatic heterocycles. The fraction of sp³-hybridized carbons (Fsp3) is 0.375. The Morgan fingerprint density at radius 1 is 1.85 bits per heavy atom. The van der Waals surface area contributed by atoms with E-state index in [-0.39, 0.29) is 0 Å². The van der Waals surface area contributed by atoms with Crippen LogP contribution in [-0.2, 0) is 9.53 Å². The molecule has 0 aromatic heterocycles. The van der Waals surface area contributed by atoms with Gasteiger partial charge in [0.25, 0.3) is 0 Å². The van der Waals surface area contributed by atoms with Gasteiger partial charge in [-0.1, -0.05) is 15.9 Å². The van der Waals surface area contributed by atoms with Gasteiger partial charge in [-0.2, -0.15) is 0 Å². The van der Waals surface area contributed by atoms with Crippen molar-refractivity contribution in [1.29, 1.82) is 0 Å². The molecular weight excluding hydrogens is 238 g/mol. The Labute approximate surface area is 84.2 Å². The molecule has 0 amide bonds. The van der Waals surface area contributed by atoms with E-state index < -0.39 is 16.3 Å². The van der Waals surface area contributed by atoms with Crippen molar-refractivity contribution in [3.05, 3.63) is 24.0 Å². The van der Waals surface area contributed by atoms with Gasteiger partial charge in [0.1, 0.15) is 16.1 Å². The minimum atomic E-state index is -1.03. The largest absolute Gasteiger partial charge is 0.497 e. The lowest BCUT2D eigenvalue weighted by Gasteiger charge is -2.27. The minimum absolute atomic E-state index is 0.507. The Morgan fingerprint density at radius 2 is 2.46 bits per heavy atom. The number of nitrogens with two attached hydrogens (primary N) is 1. The maximum absolute atomic E-state index is 10.8. The van der Waals surface area contributed by atoms with Crippen LogP contribution in [0.1, 0.15) is 0 Å². The van der Waals surface area contributed by atoms with E-state index in [0.29, 0.717) is 5.76 Å². The molecule has 13 heavy (non-hydrogen) atoms. The predicted octanol–water partition coefficient (Wildman–Crippen LogP) is 0.837. The molecule has 0 radical (unpaired) electrons. The summed E-state index contributed by atoms with van der Waals surface area (Å²) in [7, 11) is 1.48. The van der Waals surface area contributed by atoms with Crippen LogP contribution in [0.15, 0.2) is 24.0 Å². The maximum atomic E-state index is 10.8. The third kappa shape index (κ3) is 2.10. The molecule has 0 aromatic carbocycles. The van der Waals surface area contributed by atoms with E-state index >= 15 is 0 Å². The summed E-state index contributed by atoms with van der Waals surface area (Å²) in [6, 6.07) is 0. The molecule has 3 N–H and O–H groups in total. The number of allylic oxidation sites excluding steroid dienone is 1. The van der Waals surface area contributed by atoms with Crippen LogP contribution < -0.4 is 5.73 Å². The van der Waals surface area contributed by atoms with Crippen molar-refractivity contribution < 1.29 is 14.6 Å². The van der Waals surface area contributed by atoms with Gasteiger partial charge in [-0.15, -0.1) is 0 Å². The van der Waals surface area contributed by atoms with Gasteiger partial charge in [0.15, 0.2) is 0 Å². The first-order valence-corrected chi connectivity index (χ1v) is 4.42. The fourth-order valence-electron chi connectivity index (χ4n) is 1.06. The Morgan fingerprint density at radius 3 is 2.92 bits per heavy atom. The SMILES string of the molecule is COC1=CC(C(=O)O)C(N)(Br)C=C1. The smallest absolute Gasteiger partial charge is 0.313 e. The van der Waals surface area contributed by atoms with Crippen molar-refractivity contribution in [3.8, 4) is 0 Å². The summed E-state index contributed by atoms with van der Waals surface area (Å²) < 4.78 is 3.87. The standard InChI is InChI=1S/C8H10BrNO3/c1-13-5-2-3-8(9,10)6(4-5)7(11)12/h2-4,6H,10H2,1H3,(H,11,12). The highest BCUT2D eigenvalue weighted by molar-refractivity contribution is 9.10. The summed E-state index contributed by atoms with van der Waals surface area (Å²) in [5.74, 6) is -1.29. The van der Waals surface area contributed by atoms with Crippen molar-refractivity contribution in [2.45, 2.75) is 4.45 Å². The van der Waals surface area contributed by atoms with E-state index in [0.717, 1.165) is 0 Å². The second kappa shape index (κ2) is 3.51. The molecule has 4 nitrogen and oxygen atoms in total. The van der Waals surface area contributed by atoms with Gasteiger partial charge in [0.2, 0.25) is 0 Å². The van der Waals surface area contributed by atoms with E-state index in [4.69, 9.17) is 15.6 Å². The van der Waals surface area contributed by atoms with E-state index in [2.05, 4.69) is 15.9 Å². The quantitative estimate of drug-likeness (QED) is 0.561. The van der Waals surface area contributed by atoms with E-state index in [1.807, 2.05) is 0 Å². The first-order chi connectivity index (χ1) is 5.97. The Balaban J connectivity index is 2.96. The third-order valence-corrected chi connectivity index (χ3v) is 2.57. The van der Waals surface area contributed by atoms with Crippen LogP contribution in [0.5, 0.6) is 0 Å². The molecule has 1 rings (SSSR count). The Kier molecular flexibility index (Phi) is 2.77. The number of methoxy groups -OCH3 is 1. The van der Waals surface area contributed by atoms with Crippen LogP contribution in [0.25, 0.3) is 0 Å². The zero-order chi connectivity index (χ0) is 10.1. The number of carboxylic acids is 1. The van der Waals surface area contributed by atoms with Gasteiger partial charge in [-0.3, -0.25) is 4.79 Å². The van der Waals surface area contributed by atoms with Gasteiger partial charge in [0, 0.05) is 0 Å². The second-order valence-electron chi connectivity index (χ2n) is 2.75.